The van der Waals surface area contributed by atoms with Gasteiger partial charge in [-0.25, -0.2) is 4.79 Å². The average Bonchev–Trinajstić information content (AvgIpc) is 2.60. The van der Waals surface area contributed by atoms with Crippen molar-refractivity contribution in [1.82, 2.24) is 14.9 Å². The molecule has 134 valence electrons. The Morgan fingerprint density at radius 1 is 1.23 bits per heavy atom. The fourth-order valence-corrected chi connectivity index (χ4v) is 3.85. The number of H-pyrrole nitrogens is 2. The number of nitrogens with zero attached hydrogens (tertiary/aromatic N) is 1. The van der Waals surface area contributed by atoms with Gasteiger partial charge in [0.05, 0.1) is 16.1 Å². The van der Waals surface area contributed by atoms with Crippen LogP contribution in [0.5, 0.6) is 0 Å². The molecule has 0 amide bonds. The zero-order valence-corrected chi connectivity index (χ0v) is 15.7. The topological polar surface area (TPSA) is 82.1 Å². The molecule has 6 nitrogen and oxygen atoms in total. The van der Waals surface area contributed by atoms with Gasteiger partial charge in [0.15, 0.2) is 4.77 Å². The average molecular weight is 410 g/mol. The fourth-order valence-electron chi connectivity index (χ4n) is 3.18. The van der Waals surface area contributed by atoms with Crippen LogP contribution in [0.15, 0.2) is 32.2 Å². The first kappa shape index (κ1) is 17.5. The third-order valence-corrected chi connectivity index (χ3v) is 5.33. The molecule has 1 aliphatic rings. The second-order valence-electron chi connectivity index (χ2n) is 6.15. The van der Waals surface area contributed by atoms with Crippen molar-refractivity contribution in [2.24, 2.45) is 0 Å². The molecule has 3 heterocycles. The summed E-state index contributed by atoms with van der Waals surface area (Å²) in [5.74, 6) is 0. The first-order valence-electron chi connectivity index (χ1n) is 7.90. The van der Waals surface area contributed by atoms with E-state index < -0.39 is 5.63 Å². The van der Waals surface area contributed by atoms with Gasteiger partial charge in [0.2, 0.25) is 0 Å². The molecule has 1 aromatic carbocycles. The Morgan fingerprint density at radius 2 is 2.04 bits per heavy atom. The molecular weight excluding hydrogens is 397 g/mol. The number of fused-ring (bicyclic) bond motifs is 2. The van der Waals surface area contributed by atoms with E-state index in [4.69, 9.17) is 39.8 Å². The number of benzene rings is 1. The van der Waals surface area contributed by atoms with Gasteiger partial charge in [0, 0.05) is 42.2 Å². The Kier molecular flexibility index (Phi) is 4.48. The van der Waals surface area contributed by atoms with Crippen molar-refractivity contribution < 1.29 is 4.42 Å². The maximum atomic E-state index is 12.4. The maximum Gasteiger partial charge on any atom is 0.342 e. The van der Waals surface area contributed by atoms with Gasteiger partial charge >= 0.3 is 5.63 Å². The SMILES string of the molecule is O=c1[nH]c(=S)[nH]c2c1CN(Cc1c(Cl)c3cc(Cl)ccc3oc1=O)CC2. The van der Waals surface area contributed by atoms with Gasteiger partial charge < -0.3 is 9.40 Å². The number of aromatic nitrogens is 2. The molecule has 1 aliphatic heterocycles. The Balaban J connectivity index is 1.71. The largest absolute Gasteiger partial charge is 0.422 e. The molecule has 0 bridgehead atoms. The molecule has 0 radical (unpaired) electrons. The summed E-state index contributed by atoms with van der Waals surface area (Å²) in [4.78, 5) is 32.1. The molecular formula is C17H13Cl2N3O3S. The van der Waals surface area contributed by atoms with Crippen molar-refractivity contribution in [3.05, 3.63) is 70.6 Å². The van der Waals surface area contributed by atoms with E-state index in [1.54, 1.807) is 18.2 Å². The number of halogens is 2. The van der Waals surface area contributed by atoms with Crippen molar-refractivity contribution in [3.63, 3.8) is 0 Å². The summed E-state index contributed by atoms with van der Waals surface area (Å²) in [5.41, 5.74) is 1.49. The molecule has 26 heavy (non-hydrogen) atoms. The number of hydrogen-bond donors (Lipinski definition) is 2. The summed E-state index contributed by atoms with van der Waals surface area (Å²) in [5, 5.41) is 1.42. The quantitative estimate of drug-likeness (QED) is 0.500. The van der Waals surface area contributed by atoms with Crippen molar-refractivity contribution in [3.8, 4) is 0 Å². The van der Waals surface area contributed by atoms with Gasteiger partial charge in [-0.05, 0) is 30.4 Å². The van der Waals surface area contributed by atoms with Crippen LogP contribution in [0.3, 0.4) is 0 Å². The lowest BCUT2D eigenvalue weighted by molar-refractivity contribution is 0.238. The van der Waals surface area contributed by atoms with E-state index in [1.165, 1.54) is 0 Å². The van der Waals surface area contributed by atoms with Crippen LogP contribution in [0, 0.1) is 4.77 Å². The van der Waals surface area contributed by atoms with Gasteiger partial charge in [-0.1, -0.05) is 23.2 Å². The lowest BCUT2D eigenvalue weighted by Gasteiger charge is -2.27. The third kappa shape index (κ3) is 3.12. The number of nitrogens with one attached hydrogen (secondary N) is 2. The molecule has 0 saturated carbocycles. The Hall–Kier alpha value is -1.93. The normalized spacial score (nSPS) is 14.5. The monoisotopic (exact) mass is 409 g/mol. The van der Waals surface area contributed by atoms with Crippen LogP contribution in [0.4, 0.5) is 0 Å². The molecule has 0 fully saturated rings. The Bertz CT molecular complexity index is 1200. The summed E-state index contributed by atoms with van der Waals surface area (Å²) in [7, 11) is 0. The van der Waals surface area contributed by atoms with Crippen molar-refractivity contribution in [2.75, 3.05) is 6.54 Å². The molecule has 9 heteroatoms. The summed E-state index contributed by atoms with van der Waals surface area (Å²) >= 11 is 17.5. The molecule has 2 aromatic heterocycles. The minimum absolute atomic E-state index is 0.211. The van der Waals surface area contributed by atoms with E-state index in [1.807, 2.05) is 4.90 Å². The fraction of sp³-hybridized carbons (Fsp3) is 0.235. The van der Waals surface area contributed by atoms with E-state index in [2.05, 4.69) is 9.97 Å². The van der Waals surface area contributed by atoms with Crippen LogP contribution < -0.4 is 11.2 Å². The zero-order valence-electron chi connectivity index (χ0n) is 13.4. The molecule has 0 atom stereocenters. The molecule has 0 unspecified atom stereocenters. The van der Waals surface area contributed by atoms with E-state index >= 15 is 0 Å². The van der Waals surface area contributed by atoms with Gasteiger partial charge in [-0.2, -0.15) is 0 Å². The lowest BCUT2D eigenvalue weighted by Crippen LogP contribution is -2.36. The number of hydrogen-bond acceptors (Lipinski definition) is 5. The lowest BCUT2D eigenvalue weighted by atomic mass is 10.1. The van der Waals surface area contributed by atoms with E-state index in [9.17, 15) is 9.59 Å². The highest BCUT2D eigenvalue weighted by molar-refractivity contribution is 7.71. The first-order valence-corrected chi connectivity index (χ1v) is 9.06. The zero-order chi connectivity index (χ0) is 18.4. The molecule has 0 spiro atoms. The molecule has 3 aromatic rings. The number of aromatic amines is 2. The van der Waals surface area contributed by atoms with Crippen LogP contribution >= 0.6 is 35.4 Å². The summed E-state index contributed by atoms with van der Waals surface area (Å²) in [6.45, 7) is 1.32. The van der Waals surface area contributed by atoms with Crippen molar-refractivity contribution >= 4 is 46.4 Å². The highest BCUT2D eigenvalue weighted by atomic mass is 35.5. The van der Waals surface area contributed by atoms with Crippen molar-refractivity contribution in [1.29, 1.82) is 0 Å². The standard InChI is InChI=1S/C17H13Cl2N3O3S/c18-8-1-2-13-9(5-8)14(19)11(16(24)25-13)7-22-4-3-12-10(6-22)15(23)21-17(26)20-12/h1-2,5H,3-4,6-7H2,(H2,20,21,23,26). The Morgan fingerprint density at radius 3 is 2.85 bits per heavy atom. The van der Waals surface area contributed by atoms with Crippen molar-refractivity contribution in [2.45, 2.75) is 19.5 Å². The molecule has 2 N–H and O–H groups in total. The number of rotatable bonds is 2. The van der Waals surface area contributed by atoms with Gasteiger partial charge in [-0.3, -0.25) is 14.7 Å². The van der Waals surface area contributed by atoms with Crippen LogP contribution in [-0.2, 0) is 19.5 Å². The van der Waals surface area contributed by atoms with Gasteiger partial charge in [0.25, 0.3) is 5.56 Å². The Labute approximate surface area is 162 Å². The highest BCUT2D eigenvalue weighted by Gasteiger charge is 2.23. The minimum Gasteiger partial charge on any atom is -0.422 e. The van der Waals surface area contributed by atoms with E-state index in [-0.39, 0.29) is 12.1 Å². The first-order chi connectivity index (χ1) is 12.4. The summed E-state index contributed by atoms with van der Waals surface area (Å²) in [6, 6.07) is 4.93. The second-order valence-corrected chi connectivity index (χ2v) is 7.37. The van der Waals surface area contributed by atoms with Gasteiger partial charge in [-0.15, -0.1) is 0 Å². The second kappa shape index (κ2) is 6.66. The predicted molar refractivity (Wildman–Crippen MR) is 103 cm³/mol. The molecule has 0 saturated heterocycles. The predicted octanol–water partition coefficient (Wildman–Crippen LogP) is 3.40. The van der Waals surface area contributed by atoms with Crippen LogP contribution in [0.25, 0.3) is 11.0 Å². The van der Waals surface area contributed by atoms with E-state index in [0.29, 0.717) is 56.4 Å². The van der Waals surface area contributed by atoms with Crippen LogP contribution in [0.1, 0.15) is 16.8 Å². The summed E-state index contributed by atoms with van der Waals surface area (Å²) in [6.07, 6.45) is 0.630. The van der Waals surface area contributed by atoms with E-state index in [0.717, 1.165) is 5.69 Å². The molecule has 4 rings (SSSR count). The summed E-state index contributed by atoms with van der Waals surface area (Å²) < 4.78 is 5.68. The molecule has 0 aliphatic carbocycles. The maximum absolute atomic E-state index is 12.4. The van der Waals surface area contributed by atoms with Gasteiger partial charge in [0.1, 0.15) is 5.58 Å². The van der Waals surface area contributed by atoms with Crippen LogP contribution in [0.2, 0.25) is 10.0 Å². The van der Waals surface area contributed by atoms with Crippen LogP contribution in [-0.4, -0.2) is 21.4 Å². The highest BCUT2D eigenvalue weighted by Crippen LogP contribution is 2.29. The third-order valence-electron chi connectivity index (χ3n) is 4.46. The minimum atomic E-state index is -0.489. The smallest absolute Gasteiger partial charge is 0.342 e.